The lowest BCUT2D eigenvalue weighted by Gasteiger charge is -2.32. The number of aromatic nitrogens is 1. The van der Waals surface area contributed by atoms with Gasteiger partial charge in [0.25, 0.3) is 0 Å². The van der Waals surface area contributed by atoms with E-state index in [1.54, 1.807) is 0 Å². The standard InChI is InChI=1S/C56H42N2/c1-56(2,3)40-30-33-46(43-21-11-10-20-42(43)37-16-6-4-7-17-37)53(36-40)57(41-18-8-5-9-19-41)51-34-28-38-27-32-48-52(35-29-39-26-31-47(51)54(38)55(39)48)58-49-24-14-12-22-44(49)45-23-13-15-25-50(45)58/h4-36H,1-3H3. The number of nitrogens with zero attached hydrogens (tertiary/aromatic N) is 2. The number of benzene rings is 10. The van der Waals surface area contributed by atoms with E-state index < -0.39 is 0 Å². The molecule has 0 aliphatic heterocycles. The molecule has 0 saturated heterocycles. The maximum Gasteiger partial charge on any atom is 0.0543 e. The first-order valence-electron chi connectivity index (χ1n) is 20.3. The number of hydrogen-bond acceptors (Lipinski definition) is 1. The largest absolute Gasteiger partial charge is 0.309 e. The van der Waals surface area contributed by atoms with Crippen LogP contribution in [0.25, 0.3) is 82.1 Å². The molecule has 2 heteroatoms. The van der Waals surface area contributed by atoms with Gasteiger partial charge in [0, 0.05) is 32.8 Å². The van der Waals surface area contributed by atoms with Gasteiger partial charge in [-0.3, -0.25) is 0 Å². The van der Waals surface area contributed by atoms with Gasteiger partial charge in [-0.25, -0.2) is 0 Å². The summed E-state index contributed by atoms with van der Waals surface area (Å²) >= 11 is 0. The Morgan fingerprint density at radius 2 is 0.948 bits per heavy atom. The van der Waals surface area contributed by atoms with Crippen LogP contribution in [0.1, 0.15) is 26.3 Å². The zero-order chi connectivity index (χ0) is 39.0. The first kappa shape index (κ1) is 34.1. The SMILES string of the molecule is CC(C)(C)c1ccc(-c2ccccc2-c2ccccc2)c(N(c2ccccc2)c2ccc3ccc4c(-n5c6ccccc6c6ccccc65)ccc5ccc2c3c54)c1. The summed E-state index contributed by atoms with van der Waals surface area (Å²) in [5.74, 6) is 0. The second kappa shape index (κ2) is 13.2. The highest BCUT2D eigenvalue weighted by Crippen LogP contribution is 2.49. The molecule has 0 fully saturated rings. The van der Waals surface area contributed by atoms with Gasteiger partial charge >= 0.3 is 0 Å². The van der Waals surface area contributed by atoms with Gasteiger partial charge < -0.3 is 9.47 Å². The zero-order valence-electron chi connectivity index (χ0n) is 32.9. The molecule has 0 spiro atoms. The van der Waals surface area contributed by atoms with Crippen LogP contribution in [0.3, 0.4) is 0 Å². The Bertz CT molecular complexity index is 3260. The Balaban J connectivity index is 1.21. The summed E-state index contributed by atoms with van der Waals surface area (Å²) < 4.78 is 2.46. The van der Waals surface area contributed by atoms with Crippen LogP contribution in [-0.2, 0) is 5.41 Å². The molecule has 0 N–H and O–H groups in total. The van der Waals surface area contributed by atoms with Crippen LogP contribution < -0.4 is 4.90 Å². The van der Waals surface area contributed by atoms with Crippen LogP contribution in [0.4, 0.5) is 17.1 Å². The highest BCUT2D eigenvalue weighted by molar-refractivity contribution is 6.27. The Hall–Kier alpha value is -7.16. The normalized spacial score (nSPS) is 12.1. The minimum absolute atomic E-state index is 0.0551. The third kappa shape index (κ3) is 5.33. The average molecular weight is 743 g/mol. The van der Waals surface area contributed by atoms with Crippen molar-refractivity contribution in [2.45, 2.75) is 26.2 Å². The van der Waals surface area contributed by atoms with Crippen LogP contribution in [0, 0.1) is 0 Å². The highest BCUT2D eigenvalue weighted by atomic mass is 15.1. The monoisotopic (exact) mass is 742 g/mol. The molecule has 0 radical (unpaired) electrons. The van der Waals surface area contributed by atoms with Crippen LogP contribution in [0.15, 0.2) is 200 Å². The molecule has 0 aliphatic carbocycles. The third-order valence-electron chi connectivity index (χ3n) is 12.1. The number of anilines is 3. The van der Waals surface area contributed by atoms with Gasteiger partial charge in [0.2, 0.25) is 0 Å². The van der Waals surface area contributed by atoms with Crippen molar-refractivity contribution in [1.29, 1.82) is 0 Å². The first-order chi connectivity index (χ1) is 28.4. The van der Waals surface area contributed by atoms with E-state index in [9.17, 15) is 0 Å². The van der Waals surface area contributed by atoms with Gasteiger partial charge in [-0.1, -0.05) is 178 Å². The molecule has 0 amide bonds. The van der Waals surface area contributed by atoms with E-state index >= 15 is 0 Å². The zero-order valence-corrected chi connectivity index (χ0v) is 32.9. The van der Waals surface area contributed by atoms with Crippen molar-refractivity contribution in [2.24, 2.45) is 0 Å². The summed E-state index contributed by atoms with van der Waals surface area (Å²) in [5.41, 5.74) is 13.1. The average Bonchev–Trinajstić information content (AvgIpc) is 3.60. The summed E-state index contributed by atoms with van der Waals surface area (Å²) in [6, 6.07) is 73.8. The lowest BCUT2D eigenvalue weighted by Crippen LogP contribution is -2.16. The molecule has 0 bridgehead atoms. The number of fused-ring (bicyclic) bond motifs is 3. The summed E-state index contributed by atoms with van der Waals surface area (Å²) in [4.78, 5) is 2.51. The van der Waals surface area contributed by atoms with Crippen LogP contribution in [-0.4, -0.2) is 4.57 Å². The van der Waals surface area contributed by atoms with Crippen LogP contribution >= 0.6 is 0 Å². The number of hydrogen-bond donors (Lipinski definition) is 0. The molecule has 1 heterocycles. The number of para-hydroxylation sites is 3. The summed E-state index contributed by atoms with van der Waals surface area (Å²) in [6.45, 7) is 6.92. The molecule has 0 atom stereocenters. The smallest absolute Gasteiger partial charge is 0.0543 e. The van der Waals surface area contributed by atoms with E-state index in [-0.39, 0.29) is 5.41 Å². The molecule has 0 saturated carbocycles. The fourth-order valence-corrected chi connectivity index (χ4v) is 9.33. The molecule has 11 aromatic rings. The fourth-order valence-electron chi connectivity index (χ4n) is 9.33. The van der Waals surface area contributed by atoms with Crippen molar-refractivity contribution in [3.8, 4) is 27.9 Å². The van der Waals surface area contributed by atoms with Gasteiger partial charge in [-0.15, -0.1) is 0 Å². The summed E-state index contributed by atoms with van der Waals surface area (Å²) in [7, 11) is 0. The predicted molar refractivity (Wildman–Crippen MR) is 249 cm³/mol. The maximum atomic E-state index is 2.51. The topological polar surface area (TPSA) is 8.17 Å². The lowest BCUT2D eigenvalue weighted by atomic mass is 9.84. The predicted octanol–water partition coefficient (Wildman–Crippen LogP) is 15.8. The first-order valence-corrected chi connectivity index (χ1v) is 20.3. The molecule has 11 rings (SSSR count). The Labute approximate surface area is 339 Å². The molecule has 1 aromatic heterocycles. The maximum absolute atomic E-state index is 2.51. The van der Waals surface area contributed by atoms with Gasteiger partial charge in [-0.2, -0.15) is 0 Å². The minimum Gasteiger partial charge on any atom is -0.309 e. The molecular weight excluding hydrogens is 701 g/mol. The van der Waals surface area contributed by atoms with E-state index in [4.69, 9.17) is 0 Å². The Morgan fingerprint density at radius 1 is 0.397 bits per heavy atom. The minimum atomic E-state index is -0.0551. The molecule has 10 aromatic carbocycles. The van der Waals surface area contributed by atoms with Gasteiger partial charge in [0.15, 0.2) is 0 Å². The van der Waals surface area contributed by atoms with Crippen molar-refractivity contribution in [3.05, 3.63) is 206 Å². The lowest BCUT2D eigenvalue weighted by molar-refractivity contribution is 0.590. The van der Waals surface area contributed by atoms with Gasteiger partial charge in [-0.05, 0) is 91.7 Å². The molecular formula is C56H42N2. The molecule has 58 heavy (non-hydrogen) atoms. The van der Waals surface area contributed by atoms with E-state index in [1.165, 1.54) is 87.6 Å². The quantitative estimate of drug-likeness (QED) is 0.154. The molecule has 0 aliphatic rings. The fraction of sp³-hybridized carbons (Fsp3) is 0.0714. The summed E-state index contributed by atoms with van der Waals surface area (Å²) in [5, 5.41) is 10.1. The van der Waals surface area contributed by atoms with Crippen molar-refractivity contribution in [2.75, 3.05) is 4.90 Å². The number of rotatable bonds is 6. The van der Waals surface area contributed by atoms with Crippen LogP contribution in [0.2, 0.25) is 0 Å². The highest BCUT2D eigenvalue weighted by Gasteiger charge is 2.25. The second-order valence-electron chi connectivity index (χ2n) is 16.5. The van der Waals surface area contributed by atoms with Crippen molar-refractivity contribution >= 4 is 71.2 Å². The van der Waals surface area contributed by atoms with E-state index in [0.29, 0.717) is 0 Å². The van der Waals surface area contributed by atoms with Crippen molar-refractivity contribution in [1.82, 2.24) is 4.57 Å². The van der Waals surface area contributed by atoms with E-state index in [2.05, 4.69) is 230 Å². The molecule has 276 valence electrons. The Morgan fingerprint density at radius 3 is 1.64 bits per heavy atom. The van der Waals surface area contributed by atoms with E-state index in [1.807, 2.05) is 0 Å². The molecule has 0 unspecified atom stereocenters. The van der Waals surface area contributed by atoms with Gasteiger partial charge in [0.1, 0.15) is 0 Å². The summed E-state index contributed by atoms with van der Waals surface area (Å²) in [6.07, 6.45) is 0. The van der Waals surface area contributed by atoms with Gasteiger partial charge in [0.05, 0.1) is 28.1 Å². The Kier molecular flexibility index (Phi) is 7.78. The van der Waals surface area contributed by atoms with Crippen LogP contribution in [0.5, 0.6) is 0 Å². The molecule has 2 nitrogen and oxygen atoms in total. The van der Waals surface area contributed by atoms with E-state index in [0.717, 1.165) is 17.1 Å². The van der Waals surface area contributed by atoms with Crippen molar-refractivity contribution in [3.63, 3.8) is 0 Å². The van der Waals surface area contributed by atoms with Crippen molar-refractivity contribution < 1.29 is 0 Å². The second-order valence-corrected chi connectivity index (χ2v) is 16.5. The third-order valence-corrected chi connectivity index (χ3v) is 12.1.